The fourth-order valence-electron chi connectivity index (χ4n) is 2.28. The van der Waals surface area contributed by atoms with Crippen LogP contribution in [0.25, 0.3) is 0 Å². The molecular weight excluding hydrogens is 262 g/mol. The molecule has 0 aromatic heterocycles. The van der Waals surface area contributed by atoms with E-state index in [1.54, 1.807) is 0 Å². The summed E-state index contributed by atoms with van der Waals surface area (Å²) >= 11 is 0. The summed E-state index contributed by atoms with van der Waals surface area (Å²) in [5.41, 5.74) is 1.31. The molecule has 0 amide bonds. The van der Waals surface area contributed by atoms with Crippen LogP contribution in [0.2, 0.25) is 0 Å². The quantitative estimate of drug-likeness (QED) is 0.739. The summed E-state index contributed by atoms with van der Waals surface area (Å²) in [7, 11) is 0. The third-order valence-corrected chi connectivity index (χ3v) is 3.79. The Balaban J connectivity index is 2.83. The number of hydrogen-bond acceptors (Lipinski definition) is 3. The van der Waals surface area contributed by atoms with Gasteiger partial charge in [-0.1, -0.05) is 33.8 Å². The summed E-state index contributed by atoms with van der Waals surface area (Å²) in [5.74, 6) is 2.74. The van der Waals surface area contributed by atoms with Gasteiger partial charge in [0.25, 0.3) is 0 Å². The minimum atomic E-state index is 0.478. The van der Waals surface area contributed by atoms with Crippen LogP contribution in [0.4, 0.5) is 0 Å². The van der Waals surface area contributed by atoms with Crippen LogP contribution in [0.1, 0.15) is 53.0 Å². The summed E-state index contributed by atoms with van der Waals surface area (Å²) in [6.45, 7) is 15.3. The standard InChI is InChI=1S/C18H31NO2/c1-7-20-17-10-9-16(11-18(17)21-8-2)15(6)14(5)12-19-13(3)4/h9-11,13-15,19H,7-8,12H2,1-6H3. The largest absolute Gasteiger partial charge is 0.490 e. The van der Waals surface area contributed by atoms with Gasteiger partial charge in [-0.05, 0) is 49.9 Å². The Labute approximate surface area is 130 Å². The lowest BCUT2D eigenvalue weighted by molar-refractivity contribution is 0.287. The molecule has 1 N–H and O–H groups in total. The number of hydrogen-bond donors (Lipinski definition) is 1. The number of nitrogens with one attached hydrogen (secondary N) is 1. The Hall–Kier alpha value is -1.22. The second kappa shape index (κ2) is 8.93. The first-order valence-corrected chi connectivity index (χ1v) is 8.12. The Morgan fingerprint density at radius 3 is 2.14 bits per heavy atom. The molecule has 3 heteroatoms. The second-order valence-corrected chi connectivity index (χ2v) is 5.90. The lowest BCUT2D eigenvalue weighted by Crippen LogP contribution is -2.29. The van der Waals surface area contributed by atoms with Crippen molar-refractivity contribution in [3.05, 3.63) is 23.8 Å². The maximum atomic E-state index is 5.72. The molecule has 0 radical (unpaired) electrons. The molecule has 2 unspecified atom stereocenters. The van der Waals surface area contributed by atoms with Gasteiger partial charge in [0, 0.05) is 6.04 Å². The highest BCUT2D eigenvalue weighted by atomic mass is 16.5. The van der Waals surface area contributed by atoms with Crippen LogP contribution >= 0.6 is 0 Å². The van der Waals surface area contributed by atoms with Crippen LogP contribution < -0.4 is 14.8 Å². The topological polar surface area (TPSA) is 30.5 Å². The van der Waals surface area contributed by atoms with Gasteiger partial charge in [-0.25, -0.2) is 0 Å². The Kier molecular flexibility index (Phi) is 7.58. The van der Waals surface area contributed by atoms with Crippen LogP contribution in [0.5, 0.6) is 11.5 Å². The average molecular weight is 293 g/mol. The number of rotatable bonds is 9. The lowest BCUT2D eigenvalue weighted by atomic mass is 9.88. The molecule has 120 valence electrons. The van der Waals surface area contributed by atoms with Crippen molar-refractivity contribution in [2.75, 3.05) is 19.8 Å². The van der Waals surface area contributed by atoms with E-state index >= 15 is 0 Å². The van der Waals surface area contributed by atoms with Crippen molar-refractivity contribution >= 4 is 0 Å². The lowest BCUT2D eigenvalue weighted by Gasteiger charge is -2.23. The molecule has 1 rings (SSSR count). The van der Waals surface area contributed by atoms with Gasteiger partial charge < -0.3 is 14.8 Å². The van der Waals surface area contributed by atoms with E-state index in [4.69, 9.17) is 9.47 Å². The molecule has 0 saturated heterocycles. The minimum Gasteiger partial charge on any atom is -0.490 e. The molecular formula is C18H31NO2. The van der Waals surface area contributed by atoms with Crippen molar-refractivity contribution in [2.24, 2.45) is 5.92 Å². The maximum Gasteiger partial charge on any atom is 0.161 e. The number of benzene rings is 1. The predicted molar refractivity (Wildman–Crippen MR) is 89.5 cm³/mol. The zero-order chi connectivity index (χ0) is 15.8. The van der Waals surface area contributed by atoms with E-state index in [1.165, 1.54) is 5.56 Å². The van der Waals surface area contributed by atoms with Gasteiger partial charge in [-0.3, -0.25) is 0 Å². The molecule has 0 bridgehead atoms. The predicted octanol–water partition coefficient (Wildman–Crippen LogP) is 4.22. The third-order valence-electron chi connectivity index (χ3n) is 3.79. The average Bonchev–Trinajstić information content (AvgIpc) is 2.46. The molecule has 2 atom stereocenters. The SMILES string of the molecule is CCOc1ccc(C(C)C(C)CNC(C)C)cc1OCC. The summed E-state index contributed by atoms with van der Waals surface area (Å²) in [5, 5.41) is 3.51. The van der Waals surface area contributed by atoms with Gasteiger partial charge in [-0.2, -0.15) is 0 Å². The molecule has 3 nitrogen and oxygen atoms in total. The van der Waals surface area contributed by atoms with Crippen LogP contribution in [0, 0.1) is 5.92 Å². The van der Waals surface area contributed by atoms with Crippen LogP contribution in [0.3, 0.4) is 0 Å². The Morgan fingerprint density at radius 1 is 0.952 bits per heavy atom. The summed E-state index contributed by atoms with van der Waals surface area (Å²) in [4.78, 5) is 0. The summed E-state index contributed by atoms with van der Waals surface area (Å²) < 4.78 is 11.3. The first kappa shape index (κ1) is 17.8. The molecule has 1 aromatic rings. The fourth-order valence-corrected chi connectivity index (χ4v) is 2.28. The first-order valence-electron chi connectivity index (χ1n) is 8.12. The van der Waals surface area contributed by atoms with E-state index in [9.17, 15) is 0 Å². The van der Waals surface area contributed by atoms with Gasteiger partial charge in [0.2, 0.25) is 0 Å². The number of ether oxygens (including phenoxy) is 2. The van der Waals surface area contributed by atoms with Crippen molar-refractivity contribution in [1.82, 2.24) is 5.32 Å². The molecule has 0 aliphatic rings. The van der Waals surface area contributed by atoms with Crippen molar-refractivity contribution < 1.29 is 9.47 Å². The zero-order valence-electron chi connectivity index (χ0n) is 14.4. The minimum absolute atomic E-state index is 0.478. The van der Waals surface area contributed by atoms with Gasteiger partial charge in [0.1, 0.15) is 0 Å². The summed E-state index contributed by atoms with van der Waals surface area (Å²) in [6.07, 6.45) is 0. The second-order valence-electron chi connectivity index (χ2n) is 5.90. The highest BCUT2D eigenvalue weighted by Gasteiger charge is 2.17. The molecule has 21 heavy (non-hydrogen) atoms. The summed E-state index contributed by atoms with van der Waals surface area (Å²) in [6, 6.07) is 6.84. The van der Waals surface area contributed by atoms with E-state index in [1.807, 2.05) is 19.9 Å². The third kappa shape index (κ3) is 5.58. The van der Waals surface area contributed by atoms with Gasteiger partial charge in [0.05, 0.1) is 13.2 Å². The Morgan fingerprint density at radius 2 is 1.57 bits per heavy atom. The van der Waals surface area contributed by atoms with E-state index in [-0.39, 0.29) is 0 Å². The van der Waals surface area contributed by atoms with Gasteiger partial charge >= 0.3 is 0 Å². The molecule has 0 saturated carbocycles. The van der Waals surface area contributed by atoms with Crippen molar-refractivity contribution in [1.29, 1.82) is 0 Å². The van der Waals surface area contributed by atoms with E-state index < -0.39 is 0 Å². The van der Waals surface area contributed by atoms with Gasteiger partial charge in [0.15, 0.2) is 11.5 Å². The fraction of sp³-hybridized carbons (Fsp3) is 0.667. The maximum absolute atomic E-state index is 5.72. The highest BCUT2D eigenvalue weighted by Crippen LogP contribution is 2.33. The van der Waals surface area contributed by atoms with Crippen molar-refractivity contribution in [3.63, 3.8) is 0 Å². The van der Waals surface area contributed by atoms with Crippen LogP contribution in [-0.4, -0.2) is 25.8 Å². The molecule has 0 aliphatic heterocycles. The molecule has 0 heterocycles. The van der Waals surface area contributed by atoms with Crippen molar-refractivity contribution in [3.8, 4) is 11.5 Å². The molecule has 0 aliphatic carbocycles. The monoisotopic (exact) mass is 293 g/mol. The van der Waals surface area contributed by atoms with E-state index in [2.05, 4.69) is 45.1 Å². The van der Waals surface area contributed by atoms with E-state index in [0.717, 1.165) is 18.0 Å². The molecule has 1 aromatic carbocycles. The normalized spacial score (nSPS) is 14.0. The smallest absolute Gasteiger partial charge is 0.161 e. The first-order chi connectivity index (χ1) is 9.99. The van der Waals surface area contributed by atoms with Crippen LogP contribution in [0.15, 0.2) is 18.2 Å². The van der Waals surface area contributed by atoms with Crippen LogP contribution in [-0.2, 0) is 0 Å². The molecule has 0 fully saturated rings. The van der Waals surface area contributed by atoms with Gasteiger partial charge in [-0.15, -0.1) is 0 Å². The van der Waals surface area contributed by atoms with Crippen molar-refractivity contribution in [2.45, 2.75) is 53.5 Å². The highest BCUT2D eigenvalue weighted by molar-refractivity contribution is 5.44. The Bertz CT molecular complexity index is 418. The zero-order valence-corrected chi connectivity index (χ0v) is 14.4. The molecule has 0 spiro atoms. The van der Waals surface area contributed by atoms with E-state index in [0.29, 0.717) is 31.1 Å².